The van der Waals surface area contributed by atoms with Crippen LogP contribution in [0.1, 0.15) is 5.56 Å². The van der Waals surface area contributed by atoms with Gasteiger partial charge in [-0.15, -0.1) is 0 Å². The molecule has 0 radical (unpaired) electrons. The molecular formula is C21H18F5N3O4. The van der Waals surface area contributed by atoms with Crippen molar-refractivity contribution in [2.24, 2.45) is 0 Å². The second-order valence-corrected chi connectivity index (χ2v) is 6.67. The van der Waals surface area contributed by atoms with Crippen molar-refractivity contribution in [2.45, 2.75) is 13.0 Å². The molecule has 3 aromatic rings. The van der Waals surface area contributed by atoms with Crippen molar-refractivity contribution in [1.29, 1.82) is 0 Å². The Morgan fingerprint density at radius 1 is 0.970 bits per heavy atom. The number of hydrogen-bond acceptors (Lipinski definition) is 5. The lowest BCUT2D eigenvalue weighted by Crippen LogP contribution is -2.21. The van der Waals surface area contributed by atoms with Crippen LogP contribution in [-0.4, -0.2) is 36.5 Å². The summed E-state index contributed by atoms with van der Waals surface area (Å²) in [7, 11) is 3.06. The molecule has 0 aliphatic rings. The van der Waals surface area contributed by atoms with E-state index in [-0.39, 0.29) is 5.69 Å². The molecule has 0 bridgehead atoms. The van der Waals surface area contributed by atoms with Crippen LogP contribution in [0.2, 0.25) is 0 Å². The zero-order chi connectivity index (χ0) is 24.1. The van der Waals surface area contributed by atoms with Crippen LogP contribution in [0.15, 0.2) is 30.6 Å². The first-order chi connectivity index (χ1) is 15.7. The van der Waals surface area contributed by atoms with E-state index in [1.54, 1.807) is 6.07 Å². The average Bonchev–Trinajstić information content (AvgIpc) is 3.26. The Kier molecular flexibility index (Phi) is 7.36. The molecule has 0 fully saturated rings. The smallest absolute Gasteiger partial charge is 0.262 e. The van der Waals surface area contributed by atoms with E-state index in [0.29, 0.717) is 24.5 Å². The lowest BCUT2D eigenvalue weighted by molar-refractivity contribution is -0.118. The molecule has 0 unspecified atom stereocenters. The standard InChI is InChI=1S/C21H18F5N3O4/c1-31-13-4-3-11(7-14(13)32-2)5-6-29-9-12(8-27-29)28-15(30)10-33-21-19(25)17(23)16(22)18(24)20(21)26/h3-4,7-9H,5-6,10H2,1-2H3,(H,28,30). The summed E-state index contributed by atoms with van der Waals surface area (Å²) in [5.74, 6) is -12.2. The fourth-order valence-electron chi connectivity index (χ4n) is 2.88. The molecule has 0 spiro atoms. The predicted molar refractivity (Wildman–Crippen MR) is 106 cm³/mol. The lowest BCUT2D eigenvalue weighted by atomic mass is 10.1. The molecular weight excluding hydrogens is 453 g/mol. The van der Waals surface area contributed by atoms with Gasteiger partial charge in [-0.1, -0.05) is 6.07 Å². The molecule has 12 heteroatoms. The van der Waals surface area contributed by atoms with Crippen LogP contribution in [0.3, 0.4) is 0 Å². The van der Waals surface area contributed by atoms with E-state index >= 15 is 0 Å². The predicted octanol–water partition coefficient (Wildman–Crippen LogP) is 3.86. The number of nitrogens with zero attached hydrogens (tertiary/aromatic N) is 2. The first kappa shape index (κ1) is 23.8. The number of nitrogens with one attached hydrogen (secondary N) is 1. The van der Waals surface area contributed by atoms with E-state index in [2.05, 4.69) is 15.2 Å². The fraction of sp³-hybridized carbons (Fsp3) is 0.238. The molecule has 2 aromatic carbocycles. The Bertz CT molecular complexity index is 1140. The summed E-state index contributed by atoms with van der Waals surface area (Å²) in [6.45, 7) is -0.540. The number of methoxy groups -OCH3 is 2. The van der Waals surface area contributed by atoms with Crippen molar-refractivity contribution < 1.29 is 41.0 Å². The Hall–Kier alpha value is -3.83. The van der Waals surface area contributed by atoms with E-state index in [9.17, 15) is 26.7 Å². The Morgan fingerprint density at radius 3 is 2.24 bits per heavy atom. The van der Waals surface area contributed by atoms with E-state index in [0.717, 1.165) is 5.56 Å². The number of aryl methyl sites for hydroxylation is 2. The van der Waals surface area contributed by atoms with Gasteiger partial charge in [0.1, 0.15) is 0 Å². The molecule has 0 aliphatic heterocycles. The molecule has 3 rings (SSSR count). The third kappa shape index (κ3) is 5.33. The van der Waals surface area contributed by atoms with Gasteiger partial charge in [0, 0.05) is 12.7 Å². The largest absolute Gasteiger partial charge is 0.493 e. The minimum Gasteiger partial charge on any atom is -0.493 e. The molecule has 1 aromatic heterocycles. The third-order valence-electron chi connectivity index (χ3n) is 4.51. The number of hydrogen-bond donors (Lipinski definition) is 1. The highest BCUT2D eigenvalue weighted by molar-refractivity contribution is 5.91. The molecule has 0 aliphatic carbocycles. The minimum absolute atomic E-state index is 0.244. The maximum atomic E-state index is 13.6. The number of ether oxygens (including phenoxy) is 3. The summed E-state index contributed by atoms with van der Waals surface area (Å²) in [5, 5.41) is 6.44. The highest BCUT2D eigenvalue weighted by Gasteiger charge is 2.27. The maximum Gasteiger partial charge on any atom is 0.262 e. The number of benzene rings is 2. The van der Waals surface area contributed by atoms with Gasteiger partial charge in [0.15, 0.2) is 23.9 Å². The number of anilines is 1. The van der Waals surface area contributed by atoms with Crippen LogP contribution in [0, 0.1) is 29.1 Å². The molecule has 0 saturated heterocycles. The zero-order valence-corrected chi connectivity index (χ0v) is 17.4. The van der Waals surface area contributed by atoms with Crippen molar-refractivity contribution in [3.05, 3.63) is 65.2 Å². The normalized spacial score (nSPS) is 10.8. The first-order valence-corrected chi connectivity index (χ1v) is 9.42. The van der Waals surface area contributed by atoms with Gasteiger partial charge in [-0.2, -0.15) is 13.9 Å². The van der Waals surface area contributed by atoms with Crippen molar-refractivity contribution in [2.75, 3.05) is 26.1 Å². The van der Waals surface area contributed by atoms with Gasteiger partial charge in [-0.25, -0.2) is 13.2 Å². The topological polar surface area (TPSA) is 74.6 Å². The van der Waals surface area contributed by atoms with E-state index in [1.807, 2.05) is 12.1 Å². The molecule has 1 heterocycles. The van der Waals surface area contributed by atoms with Crippen molar-refractivity contribution in [1.82, 2.24) is 9.78 Å². The van der Waals surface area contributed by atoms with Crippen LogP contribution in [0.4, 0.5) is 27.6 Å². The first-order valence-electron chi connectivity index (χ1n) is 9.42. The van der Waals surface area contributed by atoms with Crippen LogP contribution < -0.4 is 19.5 Å². The molecule has 0 atom stereocenters. The van der Waals surface area contributed by atoms with E-state index in [1.165, 1.54) is 31.3 Å². The van der Waals surface area contributed by atoms with Crippen molar-refractivity contribution >= 4 is 11.6 Å². The summed E-state index contributed by atoms with van der Waals surface area (Å²) in [4.78, 5) is 12.0. The van der Waals surface area contributed by atoms with Crippen LogP contribution >= 0.6 is 0 Å². The van der Waals surface area contributed by atoms with Gasteiger partial charge in [0.2, 0.25) is 29.1 Å². The van der Waals surface area contributed by atoms with Gasteiger partial charge in [0.05, 0.1) is 26.1 Å². The molecule has 1 N–H and O–H groups in total. The van der Waals surface area contributed by atoms with Gasteiger partial charge in [-0.3, -0.25) is 9.48 Å². The fourth-order valence-corrected chi connectivity index (χ4v) is 2.88. The van der Waals surface area contributed by atoms with Crippen LogP contribution in [0.5, 0.6) is 17.2 Å². The van der Waals surface area contributed by atoms with Crippen LogP contribution in [0.25, 0.3) is 0 Å². The summed E-state index contributed by atoms with van der Waals surface area (Å²) in [6, 6.07) is 5.46. The quantitative estimate of drug-likeness (QED) is 0.292. The highest BCUT2D eigenvalue weighted by Crippen LogP contribution is 2.29. The average molecular weight is 471 g/mol. The lowest BCUT2D eigenvalue weighted by Gasteiger charge is -2.10. The van der Waals surface area contributed by atoms with Crippen LogP contribution in [-0.2, 0) is 17.8 Å². The van der Waals surface area contributed by atoms with Crippen molar-refractivity contribution in [3.8, 4) is 17.2 Å². The van der Waals surface area contributed by atoms with E-state index in [4.69, 9.17) is 9.47 Å². The van der Waals surface area contributed by atoms with E-state index < -0.39 is 47.3 Å². The molecule has 7 nitrogen and oxygen atoms in total. The Morgan fingerprint density at radius 2 is 1.61 bits per heavy atom. The van der Waals surface area contributed by atoms with Gasteiger partial charge < -0.3 is 19.5 Å². The second-order valence-electron chi connectivity index (χ2n) is 6.67. The summed E-state index contributed by atoms with van der Waals surface area (Å²) >= 11 is 0. The monoisotopic (exact) mass is 471 g/mol. The Balaban J connectivity index is 1.56. The Labute approximate surface area is 184 Å². The molecule has 0 saturated carbocycles. The number of carbonyl (C=O) groups is 1. The molecule has 33 heavy (non-hydrogen) atoms. The number of amides is 1. The number of aromatic nitrogens is 2. The number of carbonyl (C=O) groups excluding carboxylic acids is 1. The summed E-state index contributed by atoms with van der Waals surface area (Å²) in [5.41, 5.74) is 1.19. The van der Waals surface area contributed by atoms with Gasteiger partial charge in [0.25, 0.3) is 5.91 Å². The number of halogens is 5. The SMILES string of the molecule is COc1ccc(CCn2cc(NC(=O)COc3c(F)c(F)c(F)c(F)c3F)cn2)cc1OC. The van der Waals surface area contributed by atoms with Crippen molar-refractivity contribution in [3.63, 3.8) is 0 Å². The third-order valence-corrected chi connectivity index (χ3v) is 4.51. The summed E-state index contributed by atoms with van der Waals surface area (Å²) in [6.07, 6.45) is 3.40. The molecule has 1 amide bonds. The maximum absolute atomic E-state index is 13.6. The van der Waals surface area contributed by atoms with Gasteiger partial charge in [-0.05, 0) is 24.1 Å². The molecule has 176 valence electrons. The minimum atomic E-state index is -2.32. The highest BCUT2D eigenvalue weighted by atomic mass is 19.2. The second kappa shape index (κ2) is 10.2. The zero-order valence-electron chi connectivity index (χ0n) is 17.4. The summed E-state index contributed by atoms with van der Waals surface area (Å²) < 4.78 is 83.1. The number of rotatable bonds is 9. The van der Waals surface area contributed by atoms with Gasteiger partial charge >= 0.3 is 0 Å².